The fraction of sp³-hybridized carbons (Fsp3) is 0.462. The second-order valence-electron chi connectivity index (χ2n) is 4.24. The van der Waals surface area contributed by atoms with Gasteiger partial charge in [-0.2, -0.15) is 0 Å². The summed E-state index contributed by atoms with van der Waals surface area (Å²) in [6.07, 6.45) is 2.46. The van der Waals surface area contributed by atoms with Gasteiger partial charge in [-0.1, -0.05) is 30.3 Å². The van der Waals surface area contributed by atoms with E-state index in [0.717, 1.165) is 25.9 Å². The normalized spacial score (nSPS) is 19.6. The molecular formula is C13H18N2O. The van der Waals surface area contributed by atoms with E-state index in [9.17, 15) is 4.79 Å². The van der Waals surface area contributed by atoms with Crippen molar-refractivity contribution in [2.24, 2.45) is 0 Å². The minimum Gasteiger partial charge on any atom is -0.352 e. The Morgan fingerprint density at radius 1 is 1.38 bits per heavy atom. The van der Waals surface area contributed by atoms with Crippen molar-refractivity contribution in [1.29, 1.82) is 0 Å². The summed E-state index contributed by atoms with van der Waals surface area (Å²) in [6, 6.07) is 10.5. The molecule has 0 radical (unpaired) electrons. The molecule has 1 aliphatic rings. The van der Waals surface area contributed by atoms with Gasteiger partial charge in [0.25, 0.3) is 0 Å². The van der Waals surface area contributed by atoms with E-state index < -0.39 is 0 Å². The first-order chi connectivity index (χ1) is 7.84. The molecule has 16 heavy (non-hydrogen) atoms. The molecular weight excluding hydrogens is 200 g/mol. The highest BCUT2D eigenvalue weighted by molar-refractivity contribution is 5.76. The Hall–Kier alpha value is -1.35. The standard InChI is InChI=1S/C13H18N2O/c16-13(15-12-8-9-14-10-12)7-6-11-4-2-1-3-5-11/h1-5,12,14H,6-10H2,(H,15,16). The number of carbonyl (C=O) groups excluding carboxylic acids is 1. The van der Waals surface area contributed by atoms with Crippen molar-refractivity contribution in [2.45, 2.75) is 25.3 Å². The third-order valence-corrected chi connectivity index (χ3v) is 2.91. The Labute approximate surface area is 96.2 Å². The van der Waals surface area contributed by atoms with Gasteiger partial charge in [-0.15, -0.1) is 0 Å². The highest BCUT2D eigenvalue weighted by Crippen LogP contribution is 2.03. The molecule has 0 bridgehead atoms. The van der Waals surface area contributed by atoms with E-state index >= 15 is 0 Å². The molecule has 1 heterocycles. The Morgan fingerprint density at radius 2 is 2.19 bits per heavy atom. The predicted molar refractivity (Wildman–Crippen MR) is 64.2 cm³/mol. The lowest BCUT2D eigenvalue weighted by Gasteiger charge is -2.10. The van der Waals surface area contributed by atoms with Crippen molar-refractivity contribution in [2.75, 3.05) is 13.1 Å². The molecule has 0 aliphatic carbocycles. The minimum absolute atomic E-state index is 0.164. The van der Waals surface area contributed by atoms with Gasteiger partial charge >= 0.3 is 0 Å². The zero-order valence-corrected chi connectivity index (χ0v) is 9.41. The number of aryl methyl sites for hydroxylation is 1. The van der Waals surface area contributed by atoms with Crippen LogP contribution in [0.3, 0.4) is 0 Å². The average molecular weight is 218 g/mol. The highest BCUT2D eigenvalue weighted by atomic mass is 16.1. The Morgan fingerprint density at radius 3 is 2.88 bits per heavy atom. The zero-order chi connectivity index (χ0) is 11.2. The summed E-state index contributed by atoms with van der Waals surface area (Å²) in [5.41, 5.74) is 1.22. The van der Waals surface area contributed by atoms with Gasteiger partial charge in [0, 0.05) is 19.0 Å². The number of rotatable bonds is 4. The van der Waals surface area contributed by atoms with Crippen molar-refractivity contribution in [3.8, 4) is 0 Å². The van der Waals surface area contributed by atoms with Crippen LogP contribution in [0.2, 0.25) is 0 Å². The Balaban J connectivity index is 1.71. The molecule has 86 valence electrons. The monoisotopic (exact) mass is 218 g/mol. The van der Waals surface area contributed by atoms with Crippen LogP contribution in [0.25, 0.3) is 0 Å². The van der Waals surface area contributed by atoms with Gasteiger partial charge in [0.05, 0.1) is 0 Å². The lowest BCUT2D eigenvalue weighted by Crippen LogP contribution is -2.36. The summed E-state index contributed by atoms with van der Waals surface area (Å²) in [4.78, 5) is 11.6. The Bertz CT molecular complexity index is 331. The van der Waals surface area contributed by atoms with Gasteiger partial charge in [-0.25, -0.2) is 0 Å². The fourth-order valence-electron chi connectivity index (χ4n) is 1.98. The second kappa shape index (κ2) is 5.66. The summed E-state index contributed by atoms with van der Waals surface area (Å²) in [7, 11) is 0. The number of hydrogen-bond acceptors (Lipinski definition) is 2. The molecule has 1 aromatic carbocycles. The van der Waals surface area contributed by atoms with E-state index in [1.807, 2.05) is 18.2 Å². The van der Waals surface area contributed by atoms with Gasteiger partial charge in [0.1, 0.15) is 0 Å². The van der Waals surface area contributed by atoms with Gasteiger partial charge in [0.15, 0.2) is 0 Å². The van der Waals surface area contributed by atoms with E-state index in [1.165, 1.54) is 5.56 Å². The van der Waals surface area contributed by atoms with Crippen molar-refractivity contribution in [3.05, 3.63) is 35.9 Å². The van der Waals surface area contributed by atoms with Crippen molar-refractivity contribution in [3.63, 3.8) is 0 Å². The maximum Gasteiger partial charge on any atom is 0.220 e. The number of nitrogens with one attached hydrogen (secondary N) is 2. The van der Waals surface area contributed by atoms with Crippen LogP contribution in [0, 0.1) is 0 Å². The number of amides is 1. The first-order valence-electron chi connectivity index (χ1n) is 5.88. The topological polar surface area (TPSA) is 41.1 Å². The lowest BCUT2D eigenvalue weighted by molar-refractivity contribution is -0.121. The molecule has 0 aromatic heterocycles. The molecule has 1 unspecified atom stereocenters. The summed E-state index contributed by atoms with van der Waals surface area (Å²) < 4.78 is 0. The van der Waals surface area contributed by atoms with Gasteiger partial charge in [0.2, 0.25) is 5.91 Å². The smallest absolute Gasteiger partial charge is 0.220 e. The molecule has 3 nitrogen and oxygen atoms in total. The summed E-state index contributed by atoms with van der Waals surface area (Å²) >= 11 is 0. The third-order valence-electron chi connectivity index (χ3n) is 2.91. The van der Waals surface area contributed by atoms with E-state index in [0.29, 0.717) is 12.5 Å². The maximum atomic E-state index is 11.6. The molecule has 2 N–H and O–H groups in total. The molecule has 1 aromatic rings. The Kier molecular flexibility index (Phi) is 3.94. The van der Waals surface area contributed by atoms with Crippen LogP contribution < -0.4 is 10.6 Å². The van der Waals surface area contributed by atoms with Gasteiger partial charge in [-0.05, 0) is 24.9 Å². The van der Waals surface area contributed by atoms with E-state index in [1.54, 1.807) is 0 Å². The van der Waals surface area contributed by atoms with Crippen LogP contribution in [0.5, 0.6) is 0 Å². The van der Waals surface area contributed by atoms with Crippen LogP contribution in [0.1, 0.15) is 18.4 Å². The van der Waals surface area contributed by atoms with E-state index in [4.69, 9.17) is 0 Å². The largest absolute Gasteiger partial charge is 0.352 e. The predicted octanol–water partition coefficient (Wildman–Crippen LogP) is 1.10. The first kappa shape index (κ1) is 11.1. The molecule has 1 fully saturated rings. The molecule has 1 amide bonds. The van der Waals surface area contributed by atoms with Crippen LogP contribution >= 0.6 is 0 Å². The van der Waals surface area contributed by atoms with E-state index in [2.05, 4.69) is 22.8 Å². The number of hydrogen-bond donors (Lipinski definition) is 2. The average Bonchev–Trinajstić information content (AvgIpc) is 2.81. The highest BCUT2D eigenvalue weighted by Gasteiger charge is 2.15. The number of carbonyl (C=O) groups is 1. The summed E-state index contributed by atoms with van der Waals surface area (Å²) in [5.74, 6) is 0.164. The van der Waals surface area contributed by atoms with Crippen molar-refractivity contribution >= 4 is 5.91 Å². The van der Waals surface area contributed by atoms with Gasteiger partial charge < -0.3 is 10.6 Å². The minimum atomic E-state index is 0.164. The van der Waals surface area contributed by atoms with Crippen molar-refractivity contribution < 1.29 is 4.79 Å². The quantitative estimate of drug-likeness (QED) is 0.794. The van der Waals surface area contributed by atoms with Crippen LogP contribution in [0.15, 0.2) is 30.3 Å². The third kappa shape index (κ3) is 3.35. The number of benzene rings is 1. The van der Waals surface area contributed by atoms with Crippen molar-refractivity contribution in [1.82, 2.24) is 10.6 Å². The fourth-order valence-corrected chi connectivity index (χ4v) is 1.98. The molecule has 1 aliphatic heterocycles. The zero-order valence-electron chi connectivity index (χ0n) is 9.41. The molecule has 1 saturated heterocycles. The molecule has 0 saturated carbocycles. The lowest BCUT2D eigenvalue weighted by atomic mass is 10.1. The van der Waals surface area contributed by atoms with E-state index in [-0.39, 0.29) is 5.91 Å². The van der Waals surface area contributed by atoms with Gasteiger partial charge in [-0.3, -0.25) is 4.79 Å². The second-order valence-corrected chi connectivity index (χ2v) is 4.24. The van der Waals surface area contributed by atoms with Crippen LogP contribution in [-0.4, -0.2) is 25.0 Å². The molecule has 3 heteroatoms. The molecule has 2 rings (SSSR count). The molecule has 1 atom stereocenters. The molecule has 0 spiro atoms. The van der Waals surface area contributed by atoms with Crippen LogP contribution in [0.4, 0.5) is 0 Å². The SMILES string of the molecule is O=C(CCc1ccccc1)NC1CCNC1. The van der Waals surface area contributed by atoms with Crippen LogP contribution in [-0.2, 0) is 11.2 Å². The maximum absolute atomic E-state index is 11.6. The summed E-state index contributed by atoms with van der Waals surface area (Å²) in [6.45, 7) is 1.93. The first-order valence-corrected chi connectivity index (χ1v) is 5.88. The summed E-state index contributed by atoms with van der Waals surface area (Å²) in [5, 5.41) is 6.28.